The van der Waals surface area contributed by atoms with E-state index in [1.165, 1.54) is 7.05 Å². The summed E-state index contributed by atoms with van der Waals surface area (Å²) in [5, 5.41) is 2.21. The molecule has 0 aliphatic heterocycles. The van der Waals surface area contributed by atoms with Crippen molar-refractivity contribution in [2.75, 3.05) is 25.3 Å². The van der Waals surface area contributed by atoms with Crippen molar-refractivity contribution in [1.82, 2.24) is 5.01 Å². The van der Waals surface area contributed by atoms with Crippen LogP contribution in [-0.2, 0) is 9.47 Å². The monoisotopic (exact) mass is 266 g/mol. The zero-order chi connectivity index (χ0) is 14.3. The predicted molar refractivity (Wildman–Crippen MR) is 70.7 cm³/mol. The highest BCUT2D eigenvalue weighted by molar-refractivity contribution is 5.90. The van der Waals surface area contributed by atoms with Crippen LogP contribution in [0.2, 0.25) is 0 Å². The molecule has 0 radical (unpaired) electrons. The maximum atomic E-state index is 11.9. The zero-order valence-electron chi connectivity index (χ0n) is 11.3. The predicted octanol–water partition coefficient (Wildman–Crippen LogP) is 2.65. The molecular weight excluding hydrogens is 248 g/mol. The summed E-state index contributed by atoms with van der Waals surface area (Å²) in [5.41, 5.74) is 0.525. The molecule has 6 nitrogen and oxygen atoms in total. The number of carbonyl (C=O) groups excluding carboxylic acids is 2. The molecule has 0 saturated carbocycles. The van der Waals surface area contributed by atoms with Gasteiger partial charge in [0.15, 0.2) is 0 Å². The van der Waals surface area contributed by atoms with Gasteiger partial charge < -0.3 is 9.47 Å². The second-order valence-corrected chi connectivity index (χ2v) is 3.57. The van der Waals surface area contributed by atoms with Crippen LogP contribution < -0.4 is 5.01 Å². The molecule has 1 rings (SSSR count). The van der Waals surface area contributed by atoms with Gasteiger partial charge in [-0.15, -0.1) is 0 Å². The maximum absolute atomic E-state index is 11.9. The third kappa shape index (κ3) is 3.87. The Kier molecular flexibility index (Phi) is 5.66. The number of benzene rings is 1. The van der Waals surface area contributed by atoms with Crippen LogP contribution in [0.15, 0.2) is 30.3 Å². The second kappa shape index (κ2) is 7.25. The molecular formula is C13H18N2O4. The fraction of sp³-hybridized carbons (Fsp3) is 0.385. The first kappa shape index (κ1) is 14.8. The van der Waals surface area contributed by atoms with Crippen molar-refractivity contribution < 1.29 is 19.1 Å². The normalized spacial score (nSPS) is 9.63. The van der Waals surface area contributed by atoms with Crippen LogP contribution in [0.1, 0.15) is 13.8 Å². The summed E-state index contributed by atoms with van der Waals surface area (Å²) < 4.78 is 9.82. The first-order chi connectivity index (χ1) is 9.11. The first-order valence-electron chi connectivity index (χ1n) is 6.04. The van der Waals surface area contributed by atoms with Crippen LogP contribution >= 0.6 is 0 Å². The summed E-state index contributed by atoms with van der Waals surface area (Å²) in [7, 11) is 1.45. The minimum atomic E-state index is -0.635. The van der Waals surface area contributed by atoms with Crippen LogP contribution in [-0.4, -0.2) is 37.5 Å². The molecule has 6 heteroatoms. The lowest BCUT2D eigenvalue weighted by molar-refractivity contribution is 0.101. The second-order valence-electron chi connectivity index (χ2n) is 3.57. The van der Waals surface area contributed by atoms with Crippen molar-refractivity contribution in [1.29, 1.82) is 0 Å². The standard InChI is InChI=1S/C13H18N2O4/c1-4-18-12(16)14(3)15(13(17)19-5-2)11-9-7-6-8-10-11/h6-10H,4-5H2,1-3H3. The van der Waals surface area contributed by atoms with E-state index in [-0.39, 0.29) is 13.2 Å². The molecule has 0 atom stereocenters. The Bertz CT molecular complexity index is 422. The molecule has 19 heavy (non-hydrogen) atoms. The van der Waals surface area contributed by atoms with Crippen LogP contribution in [0.3, 0.4) is 0 Å². The van der Waals surface area contributed by atoms with Crippen LogP contribution in [0, 0.1) is 0 Å². The molecule has 0 spiro atoms. The summed E-state index contributed by atoms with van der Waals surface area (Å²) in [6.45, 7) is 3.85. The number of amides is 2. The Morgan fingerprint density at radius 1 is 1.00 bits per heavy atom. The van der Waals surface area contributed by atoms with Gasteiger partial charge in [-0.25, -0.2) is 14.6 Å². The van der Waals surface area contributed by atoms with Crippen LogP contribution in [0.25, 0.3) is 0 Å². The average molecular weight is 266 g/mol. The number of hydrogen-bond donors (Lipinski definition) is 0. The Labute approximate surface area is 112 Å². The van der Waals surface area contributed by atoms with Crippen LogP contribution in [0.5, 0.6) is 0 Å². The van der Waals surface area contributed by atoms with E-state index in [9.17, 15) is 9.59 Å². The van der Waals surface area contributed by atoms with Gasteiger partial charge in [-0.2, -0.15) is 5.01 Å². The van der Waals surface area contributed by atoms with Crippen molar-refractivity contribution in [3.8, 4) is 0 Å². The molecule has 0 N–H and O–H groups in total. The average Bonchev–Trinajstić information content (AvgIpc) is 2.40. The van der Waals surface area contributed by atoms with E-state index in [1.807, 2.05) is 6.07 Å². The number of anilines is 1. The molecule has 0 bridgehead atoms. The van der Waals surface area contributed by atoms with Gasteiger partial charge in [0.05, 0.1) is 18.9 Å². The molecule has 0 aliphatic carbocycles. The van der Waals surface area contributed by atoms with Crippen molar-refractivity contribution >= 4 is 17.9 Å². The van der Waals surface area contributed by atoms with Gasteiger partial charge in [0, 0.05) is 7.05 Å². The molecule has 0 aliphatic rings. The van der Waals surface area contributed by atoms with Gasteiger partial charge in [0.25, 0.3) is 0 Å². The highest BCUT2D eigenvalue weighted by atomic mass is 16.6. The quantitative estimate of drug-likeness (QED) is 0.789. The highest BCUT2D eigenvalue weighted by Gasteiger charge is 2.26. The topological polar surface area (TPSA) is 59.1 Å². The molecule has 1 aromatic carbocycles. The minimum absolute atomic E-state index is 0.221. The third-order valence-corrected chi connectivity index (χ3v) is 2.27. The van der Waals surface area contributed by atoms with Gasteiger partial charge in [-0.1, -0.05) is 18.2 Å². The van der Waals surface area contributed by atoms with E-state index in [0.717, 1.165) is 10.0 Å². The Hall–Kier alpha value is -2.24. The number of ether oxygens (including phenoxy) is 2. The number of carbonyl (C=O) groups is 2. The maximum Gasteiger partial charge on any atom is 0.433 e. The first-order valence-corrected chi connectivity index (χ1v) is 6.04. The Morgan fingerprint density at radius 2 is 1.53 bits per heavy atom. The SMILES string of the molecule is CCOC(=O)N(C)N(C(=O)OCC)c1ccccc1. The molecule has 0 fully saturated rings. The van der Waals surface area contributed by atoms with Crippen LogP contribution in [0.4, 0.5) is 15.3 Å². The molecule has 0 aromatic heterocycles. The summed E-state index contributed by atoms with van der Waals surface area (Å²) in [6.07, 6.45) is -1.26. The van der Waals surface area contributed by atoms with Gasteiger partial charge in [0.2, 0.25) is 0 Å². The molecule has 0 unspecified atom stereocenters. The van der Waals surface area contributed by atoms with E-state index in [0.29, 0.717) is 5.69 Å². The Morgan fingerprint density at radius 3 is 2.05 bits per heavy atom. The fourth-order valence-electron chi connectivity index (χ4n) is 1.45. The van der Waals surface area contributed by atoms with Gasteiger partial charge >= 0.3 is 12.2 Å². The lowest BCUT2D eigenvalue weighted by atomic mass is 10.3. The van der Waals surface area contributed by atoms with E-state index in [2.05, 4.69) is 0 Å². The van der Waals surface area contributed by atoms with Crippen molar-refractivity contribution in [2.24, 2.45) is 0 Å². The highest BCUT2D eigenvalue weighted by Crippen LogP contribution is 2.17. The number of nitrogens with zero attached hydrogens (tertiary/aromatic N) is 2. The lowest BCUT2D eigenvalue weighted by Crippen LogP contribution is -2.48. The summed E-state index contributed by atoms with van der Waals surface area (Å²) >= 11 is 0. The minimum Gasteiger partial charge on any atom is -0.448 e. The smallest absolute Gasteiger partial charge is 0.433 e. The van der Waals surface area contributed by atoms with E-state index in [4.69, 9.17) is 9.47 Å². The number of rotatable bonds is 3. The summed E-state index contributed by atoms with van der Waals surface area (Å²) in [6, 6.07) is 8.75. The molecule has 2 amide bonds. The van der Waals surface area contributed by atoms with Crippen molar-refractivity contribution in [3.63, 3.8) is 0 Å². The van der Waals surface area contributed by atoms with Crippen molar-refractivity contribution in [3.05, 3.63) is 30.3 Å². The number of hydrazine groups is 1. The molecule has 1 aromatic rings. The molecule has 0 saturated heterocycles. The molecule has 104 valence electrons. The fourth-order valence-corrected chi connectivity index (χ4v) is 1.45. The molecule has 0 heterocycles. The third-order valence-electron chi connectivity index (χ3n) is 2.27. The van der Waals surface area contributed by atoms with Gasteiger partial charge in [-0.05, 0) is 26.0 Å². The Balaban J connectivity index is 2.99. The summed E-state index contributed by atoms with van der Waals surface area (Å²) in [5.74, 6) is 0. The van der Waals surface area contributed by atoms with E-state index in [1.54, 1.807) is 38.1 Å². The van der Waals surface area contributed by atoms with Crippen molar-refractivity contribution in [2.45, 2.75) is 13.8 Å². The van der Waals surface area contributed by atoms with E-state index < -0.39 is 12.2 Å². The largest absolute Gasteiger partial charge is 0.448 e. The van der Waals surface area contributed by atoms with Gasteiger partial charge in [0.1, 0.15) is 0 Å². The van der Waals surface area contributed by atoms with E-state index >= 15 is 0 Å². The zero-order valence-corrected chi connectivity index (χ0v) is 11.3. The van der Waals surface area contributed by atoms with Gasteiger partial charge in [-0.3, -0.25) is 0 Å². The summed E-state index contributed by atoms with van der Waals surface area (Å²) in [4.78, 5) is 23.7. The number of para-hydroxylation sites is 1. The lowest BCUT2D eigenvalue weighted by Gasteiger charge is -2.29. The number of hydrogen-bond acceptors (Lipinski definition) is 4.